The second-order valence-corrected chi connectivity index (χ2v) is 7.87. The van der Waals surface area contributed by atoms with Gasteiger partial charge in [0, 0.05) is 43.1 Å². The summed E-state index contributed by atoms with van der Waals surface area (Å²) < 4.78 is 1.99. The normalized spacial score (nSPS) is 23.4. The van der Waals surface area contributed by atoms with Gasteiger partial charge < -0.3 is 14.8 Å². The summed E-state index contributed by atoms with van der Waals surface area (Å²) in [7, 11) is 0. The fourth-order valence-electron chi connectivity index (χ4n) is 3.99. The number of imidazole rings is 1. The summed E-state index contributed by atoms with van der Waals surface area (Å²) in [5, 5.41) is 19.0. The molecule has 1 saturated carbocycles. The van der Waals surface area contributed by atoms with Crippen LogP contribution in [0.5, 0.6) is 0 Å². The fourth-order valence-corrected chi connectivity index (χ4v) is 3.99. The first-order valence-electron chi connectivity index (χ1n) is 10.8. The Labute approximate surface area is 173 Å². The van der Waals surface area contributed by atoms with Crippen molar-refractivity contribution in [3.63, 3.8) is 0 Å². The number of rotatable bonds is 13. The average Bonchev–Trinajstić information content (AvgIpc) is 3.31. The number of aliphatic hydroxyl groups is 1. The molecule has 1 fully saturated rings. The van der Waals surface area contributed by atoms with Crippen LogP contribution in [0, 0.1) is 11.8 Å². The number of aliphatic hydroxyl groups excluding tert-OH is 1. The molecule has 1 unspecified atom stereocenters. The third kappa shape index (κ3) is 7.61. The highest BCUT2D eigenvalue weighted by atomic mass is 16.4. The minimum Gasteiger partial charge on any atom is -0.481 e. The van der Waals surface area contributed by atoms with Crippen LogP contribution in [-0.2, 0) is 9.59 Å². The van der Waals surface area contributed by atoms with E-state index >= 15 is 0 Å². The molecule has 0 aromatic carbocycles. The Morgan fingerprint density at radius 2 is 2.17 bits per heavy atom. The largest absolute Gasteiger partial charge is 0.481 e. The average molecular weight is 403 g/mol. The summed E-state index contributed by atoms with van der Waals surface area (Å²) in [6.07, 6.45) is 19.3. The van der Waals surface area contributed by atoms with Gasteiger partial charge in [0.1, 0.15) is 5.78 Å². The van der Waals surface area contributed by atoms with Gasteiger partial charge in [-0.15, -0.1) is 0 Å². The van der Waals surface area contributed by atoms with Crippen LogP contribution >= 0.6 is 0 Å². The van der Waals surface area contributed by atoms with Gasteiger partial charge in [0.15, 0.2) is 0 Å². The zero-order valence-electron chi connectivity index (χ0n) is 17.3. The maximum absolute atomic E-state index is 12.7. The lowest BCUT2D eigenvalue weighted by atomic mass is 9.89. The summed E-state index contributed by atoms with van der Waals surface area (Å²) in [6, 6.07) is 0.0227. The van der Waals surface area contributed by atoms with Crippen LogP contribution in [0.1, 0.15) is 70.8 Å². The maximum Gasteiger partial charge on any atom is 0.303 e. The van der Waals surface area contributed by atoms with Gasteiger partial charge in [-0.25, -0.2) is 4.98 Å². The lowest BCUT2D eigenvalue weighted by molar-refractivity contribution is -0.137. The number of ketones is 1. The Kier molecular flexibility index (Phi) is 9.84. The highest BCUT2D eigenvalue weighted by Crippen LogP contribution is 2.41. The number of carbonyl (C=O) groups is 2. The van der Waals surface area contributed by atoms with Crippen molar-refractivity contribution in [2.75, 3.05) is 0 Å². The van der Waals surface area contributed by atoms with Crippen LogP contribution in [0.25, 0.3) is 0 Å². The number of hydrogen-bond acceptors (Lipinski definition) is 4. The van der Waals surface area contributed by atoms with E-state index in [2.05, 4.69) is 11.9 Å². The van der Waals surface area contributed by atoms with Crippen molar-refractivity contribution in [1.29, 1.82) is 0 Å². The van der Waals surface area contributed by atoms with Gasteiger partial charge in [-0.05, 0) is 25.7 Å². The lowest BCUT2D eigenvalue weighted by Gasteiger charge is -2.21. The van der Waals surface area contributed by atoms with Gasteiger partial charge in [0.2, 0.25) is 0 Å². The van der Waals surface area contributed by atoms with Gasteiger partial charge in [0.25, 0.3) is 0 Å². The summed E-state index contributed by atoms with van der Waals surface area (Å²) >= 11 is 0. The Hall–Kier alpha value is -2.21. The van der Waals surface area contributed by atoms with Crippen LogP contribution in [0.3, 0.4) is 0 Å². The molecule has 6 heteroatoms. The van der Waals surface area contributed by atoms with E-state index in [-0.39, 0.29) is 30.1 Å². The number of carbonyl (C=O) groups excluding carboxylic acids is 1. The van der Waals surface area contributed by atoms with E-state index in [0.717, 1.165) is 25.7 Å². The molecule has 0 amide bonds. The van der Waals surface area contributed by atoms with E-state index in [1.165, 1.54) is 0 Å². The molecule has 1 heterocycles. The van der Waals surface area contributed by atoms with Crippen LogP contribution in [0.4, 0.5) is 0 Å². The van der Waals surface area contributed by atoms with Gasteiger partial charge in [0.05, 0.1) is 12.4 Å². The first kappa shape index (κ1) is 23.1. The van der Waals surface area contributed by atoms with Crippen molar-refractivity contribution in [3.8, 4) is 0 Å². The summed E-state index contributed by atoms with van der Waals surface area (Å²) in [5.41, 5.74) is 0. The Morgan fingerprint density at radius 1 is 1.34 bits per heavy atom. The number of nitrogens with zero attached hydrogens (tertiary/aromatic N) is 2. The van der Waals surface area contributed by atoms with E-state index in [0.29, 0.717) is 25.7 Å². The molecule has 1 aliphatic carbocycles. The molecule has 0 radical (unpaired) electrons. The van der Waals surface area contributed by atoms with Crippen molar-refractivity contribution in [3.05, 3.63) is 43.0 Å². The van der Waals surface area contributed by atoms with Crippen molar-refractivity contribution < 1.29 is 19.8 Å². The van der Waals surface area contributed by atoms with Crippen LogP contribution < -0.4 is 0 Å². The fraction of sp³-hybridized carbons (Fsp3) is 0.609. The molecule has 0 spiro atoms. The first-order chi connectivity index (χ1) is 14.0. The molecule has 6 nitrogen and oxygen atoms in total. The number of Topliss-reactive ketones (excluding diaryl/α,β-unsaturated/α-hetero) is 1. The van der Waals surface area contributed by atoms with Gasteiger partial charge in [-0.3, -0.25) is 9.59 Å². The molecular weight excluding hydrogens is 368 g/mol. The quantitative estimate of drug-likeness (QED) is 0.378. The van der Waals surface area contributed by atoms with Crippen molar-refractivity contribution in [1.82, 2.24) is 9.55 Å². The third-order valence-electron chi connectivity index (χ3n) is 5.62. The molecule has 0 bridgehead atoms. The summed E-state index contributed by atoms with van der Waals surface area (Å²) in [4.78, 5) is 27.4. The predicted molar refractivity (Wildman–Crippen MR) is 112 cm³/mol. The van der Waals surface area contributed by atoms with Gasteiger partial charge >= 0.3 is 5.97 Å². The van der Waals surface area contributed by atoms with E-state index in [9.17, 15) is 14.7 Å². The highest BCUT2D eigenvalue weighted by molar-refractivity contribution is 5.84. The van der Waals surface area contributed by atoms with Crippen LogP contribution in [0.2, 0.25) is 0 Å². The molecule has 1 aliphatic rings. The lowest BCUT2D eigenvalue weighted by Crippen LogP contribution is -2.18. The maximum atomic E-state index is 12.7. The SMILES string of the molecule is CCCCC[C@H](O)/C=C/[C@H]1C(n2ccnc2)CC(=O)[C@@H]1C/C=C\CCCC(=O)O. The summed E-state index contributed by atoms with van der Waals surface area (Å²) in [5.74, 6) is -0.664. The van der Waals surface area contributed by atoms with Crippen molar-refractivity contribution in [2.24, 2.45) is 11.8 Å². The molecule has 160 valence electrons. The number of unbranched alkanes of at least 4 members (excludes halogenated alkanes) is 3. The van der Waals surface area contributed by atoms with E-state index in [1.54, 1.807) is 12.5 Å². The number of allylic oxidation sites excluding steroid dienone is 3. The predicted octanol–water partition coefficient (Wildman–Crippen LogP) is 4.33. The second-order valence-electron chi connectivity index (χ2n) is 7.87. The standard InChI is InChI=1S/C23H34N2O4/c1-2-3-6-9-18(26)12-13-19-20(10-7-4-5-8-11-23(28)29)22(27)16-21(19)25-15-14-24-17-25/h4,7,12-15,17-21,26H,2-3,5-6,8-11,16H2,1H3,(H,28,29)/b7-4-,13-12+/t18-,19+,20+,21?/m0/s1. The van der Waals surface area contributed by atoms with Gasteiger partial charge in [-0.2, -0.15) is 0 Å². The zero-order chi connectivity index (χ0) is 21.1. The molecular formula is C23H34N2O4. The van der Waals surface area contributed by atoms with E-state index < -0.39 is 12.1 Å². The molecule has 1 aromatic heterocycles. The Balaban J connectivity index is 2.01. The molecule has 1 aromatic rings. The molecule has 2 N–H and O–H groups in total. The molecule has 4 atom stereocenters. The van der Waals surface area contributed by atoms with E-state index in [1.807, 2.05) is 35.1 Å². The second kappa shape index (κ2) is 12.4. The minimum atomic E-state index is -0.782. The number of aliphatic carboxylic acids is 1. The molecule has 2 rings (SSSR count). The Morgan fingerprint density at radius 3 is 2.86 bits per heavy atom. The Bertz CT molecular complexity index is 681. The van der Waals surface area contributed by atoms with Crippen LogP contribution in [-0.4, -0.2) is 37.6 Å². The molecule has 0 saturated heterocycles. The monoisotopic (exact) mass is 402 g/mol. The third-order valence-corrected chi connectivity index (χ3v) is 5.62. The number of carboxylic acid groups (broad SMARTS) is 1. The molecule has 0 aliphatic heterocycles. The van der Waals surface area contributed by atoms with Gasteiger partial charge in [-0.1, -0.05) is 50.5 Å². The zero-order valence-corrected chi connectivity index (χ0v) is 17.3. The number of carboxylic acids is 1. The number of aromatic nitrogens is 2. The first-order valence-corrected chi connectivity index (χ1v) is 10.8. The van der Waals surface area contributed by atoms with Crippen molar-refractivity contribution >= 4 is 11.8 Å². The number of hydrogen-bond donors (Lipinski definition) is 2. The summed E-state index contributed by atoms with van der Waals surface area (Å²) in [6.45, 7) is 2.14. The molecule has 29 heavy (non-hydrogen) atoms. The van der Waals surface area contributed by atoms with Crippen LogP contribution in [0.15, 0.2) is 43.0 Å². The highest BCUT2D eigenvalue weighted by Gasteiger charge is 2.41. The minimum absolute atomic E-state index is 0.0150. The topological polar surface area (TPSA) is 92.4 Å². The van der Waals surface area contributed by atoms with E-state index in [4.69, 9.17) is 5.11 Å². The van der Waals surface area contributed by atoms with Crippen molar-refractivity contribution in [2.45, 2.75) is 76.9 Å². The smallest absolute Gasteiger partial charge is 0.303 e.